The Balaban J connectivity index is 3.35. The van der Waals surface area contributed by atoms with Crippen LogP contribution < -0.4 is 0 Å². The molecule has 2 heteroatoms. The van der Waals surface area contributed by atoms with Crippen molar-refractivity contribution in [3.05, 3.63) is 20.8 Å². The molecule has 0 atom stereocenters. The minimum absolute atomic E-state index is 0.139. The molecule has 0 aromatic carbocycles. The third-order valence-corrected chi connectivity index (χ3v) is 3.53. The maximum Gasteiger partial charge on any atom is 0.0968 e. The van der Waals surface area contributed by atoms with Crippen LogP contribution in [-0.2, 0) is 10.8 Å². The zero-order valence-electron chi connectivity index (χ0n) is 9.86. The average Bonchev–Trinajstić information content (AvgIpc) is 2.27. The van der Waals surface area contributed by atoms with Crippen molar-refractivity contribution in [2.75, 3.05) is 0 Å². The standard InChI is InChI=1S/C12H19ClS/c1-11(2,3)8-7-14-10(13)9(8)12(4,5)6/h7H,1-6H3. The summed E-state index contributed by atoms with van der Waals surface area (Å²) in [5.41, 5.74) is 3.03. The fraction of sp³-hybridized carbons (Fsp3) is 0.667. The predicted molar refractivity (Wildman–Crippen MR) is 66.7 cm³/mol. The van der Waals surface area contributed by atoms with E-state index in [-0.39, 0.29) is 10.8 Å². The van der Waals surface area contributed by atoms with Crippen LogP contribution in [0.1, 0.15) is 52.7 Å². The molecule has 0 saturated carbocycles. The molecule has 14 heavy (non-hydrogen) atoms. The van der Waals surface area contributed by atoms with E-state index in [1.807, 2.05) is 0 Å². The molecule has 0 amide bonds. The quantitative estimate of drug-likeness (QED) is 0.589. The van der Waals surface area contributed by atoms with Gasteiger partial charge in [-0.3, -0.25) is 0 Å². The fourth-order valence-corrected chi connectivity index (χ4v) is 3.33. The lowest BCUT2D eigenvalue weighted by Gasteiger charge is -2.27. The largest absolute Gasteiger partial charge is 0.131 e. The van der Waals surface area contributed by atoms with Gasteiger partial charge >= 0.3 is 0 Å². The van der Waals surface area contributed by atoms with Crippen LogP contribution in [0, 0.1) is 0 Å². The number of hydrogen-bond acceptors (Lipinski definition) is 1. The number of hydrogen-bond donors (Lipinski definition) is 0. The Kier molecular flexibility index (Phi) is 3.04. The zero-order chi connectivity index (χ0) is 11.1. The average molecular weight is 231 g/mol. The second-order valence-corrected chi connectivity index (χ2v) is 7.28. The van der Waals surface area contributed by atoms with Crippen molar-refractivity contribution in [3.8, 4) is 0 Å². The van der Waals surface area contributed by atoms with E-state index >= 15 is 0 Å². The van der Waals surface area contributed by atoms with E-state index in [1.54, 1.807) is 11.3 Å². The predicted octanol–water partition coefficient (Wildman–Crippen LogP) is 5.00. The molecule has 0 nitrogen and oxygen atoms in total. The highest BCUT2D eigenvalue weighted by molar-refractivity contribution is 7.14. The lowest BCUT2D eigenvalue weighted by atomic mass is 9.78. The van der Waals surface area contributed by atoms with Crippen molar-refractivity contribution in [2.24, 2.45) is 0 Å². The molecule has 0 unspecified atom stereocenters. The molecule has 0 spiro atoms. The molecule has 0 N–H and O–H groups in total. The highest BCUT2D eigenvalue weighted by Gasteiger charge is 2.28. The molecule has 0 aliphatic rings. The second kappa shape index (κ2) is 3.53. The monoisotopic (exact) mass is 230 g/mol. The first-order valence-electron chi connectivity index (χ1n) is 4.92. The molecule has 1 rings (SSSR count). The van der Waals surface area contributed by atoms with E-state index in [1.165, 1.54) is 11.1 Å². The van der Waals surface area contributed by atoms with Gasteiger partial charge in [0, 0.05) is 0 Å². The van der Waals surface area contributed by atoms with Crippen molar-refractivity contribution in [1.29, 1.82) is 0 Å². The van der Waals surface area contributed by atoms with Crippen molar-refractivity contribution in [2.45, 2.75) is 52.4 Å². The Bertz CT molecular complexity index is 323. The van der Waals surface area contributed by atoms with E-state index in [4.69, 9.17) is 11.6 Å². The Labute approximate surface area is 96.3 Å². The molecule has 1 aromatic rings. The van der Waals surface area contributed by atoms with Gasteiger partial charge in [-0.05, 0) is 27.3 Å². The number of rotatable bonds is 0. The highest BCUT2D eigenvalue weighted by Crippen LogP contribution is 2.42. The van der Waals surface area contributed by atoms with E-state index in [9.17, 15) is 0 Å². The fourth-order valence-electron chi connectivity index (χ4n) is 1.59. The Morgan fingerprint density at radius 1 is 1.00 bits per heavy atom. The molecule has 1 aromatic heterocycles. The lowest BCUT2D eigenvalue weighted by molar-refractivity contribution is 0.534. The first-order chi connectivity index (χ1) is 6.14. The van der Waals surface area contributed by atoms with Gasteiger partial charge < -0.3 is 0 Å². The van der Waals surface area contributed by atoms with Gasteiger partial charge in [-0.15, -0.1) is 11.3 Å². The normalized spacial score (nSPS) is 13.4. The third-order valence-electron chi connectivity index (χ3n) is 2.30. The van der Waals surface area contributed by atoms with Gasteiger partial charge in [0.05, 0.1) is 4.34 Å². The summed E-state index contributed by atoms with van der Waals surface area (Å²) >= 11 is 7.90. The van der Waals surface area contributed by atoms with Crippen LogP contribution in [0.3, 0.4) is 0 Å². The number of halogens is 1. The van der Waals surface area contributed by atoms with Gasteiger partial charge in [0.2, 0.25) is 0 Å². The van der Waals surface area contributed by atoms with Crippen molar-refractivity contribution >= 4 is 22.9 Å². The Morgan fingerprint density at radius 3 is 1.79 bits per heavy atom. The van der Waals surface area contributed by atoms with Gasteiger partial charge in [-0.25, -0.2) is 0 Å². The molecular formula is C12H19ClS. The van der Waals surface area contributed by atoms with Crippen LogP contribution in [0.4, 0.5) is 0 Å². The minimum atomic E-state index is 0.139. The van der Waals surface area contributed by atoms with Crippen LogP contribution in [-0.4, -0.2) is 0 Å². The molecule has 0 saturated heterocycles. The summed E-state index contributed by atoms with van der Waals surface area (Å²) in [5, 5.41) is 2.20. The zero-order valence-corrected chi connectivity index (χ0v) is 11.4. The van der Waals surface area contributed by atoms with Crippen LogP contribution >= 0.6 is 22.9 Å². The molecule has 1 heterocycles. The smallest absolute Gasteiger partial charge is 0.0968 e. The van der Waals surface area contributed by atoms with Crippen molar-refractivity contribution in [3.63, 3.8) is 0 Å². The van der Waals surface area contributed by atoms with Crippen LogP contribution in [0.25, 0.3) is 0 Å². The van der Waals surface area contributed by atoms with E-state index in [0.717, 1.165) is 4.34 Å². The lowest BCUT2D eigenvalue weighted by Crippen LogP contribution is -2.20. The van der Waals surface area contributed by atoms with E-state index < -0.39 is 0 Å². The first kappa shape index (κ1) is 12.1. The Hall–Kier alpha value is -0.0100. The van der Waals surface area contributed by atoms with Crippen molar-refractivity contribution in [1.82, 2.24) is 0 Å². The topological polar surface area (TPSA) is 0 Å². The summed E-state index contributed by atoms with van der Waals surface area (Å²) < 4.78 is 0.947. The van der Waals surface area contributed by atoms with E-state index in [0.29, 0.717) is 0 Å². The minimum Gasteiger partial charge on any atom is -0.131 e. The SMILES string of the molecule is CC(C)(C)c1csc(Cl)c1C(C)(C)C. The van der Waals surface area contributed by atoms with Gasteiger partial charge in [0.25, 0.3) is 0 Å². The van der Waals surface area contributed by atoms with Gasteiger partial charge in [-0.1, -0.05) is 53.1 Å². The van der Waals surface area contributed by atoms with Crippen LogP contribution in [0.5, 0.6) is 0 Å². The second-order valence-electron chi connectivity index (χ2n) is 5.80. The van der Waals surface area contributed by atoms with Gasteiger partial charge in [-0.2, -0.15) is 0 Å². The van der Waals surface area contributed by atoms with Crippen LogP contribution in [0.15, 0.2) is 5.38 Å². The first-order valence-corrected chi connectivity index (χ1v) is 6.18. The summed E-state index contributed by atoms with van der Waals surface area (Å²) in [6, 6.07) is 0. The highest BCUT2D eigenvalue weighted by atomic mass is 35.5. The summed E-state index contributed by atoms with van der Waals surface area (Å²) in [7, 11) is 0. The van der Waals surface area contributed by atoms with Crippen LogP contribution in [0.2, 0.25) is 4.34 Å². The molecule has 0 bridgehead atoms. The van der Waals surface area contributed by atoms with Gasteiger partial charge in [0.1, 0.15) is 0 Å². The summed E-state index contributed by atoms with van der Waals surface area (Å²) in [4.78, 5) is 0. The van der Waals surface area contributed by atoms with Crippen molar-refractivity contribution < 1.29 is 0 Å². The molecular weight excluding hydrogens is 212 g/mol. The maximum atomic E-state index is 6.25. The maximum absolute atomic E-state index is 6.25. The molecule has 0 fully saturated rings. The molecule has 0 aliphatic carbocycles. The number of thiophene rings is 1. The molecule has 0 aliphatic heterocycles. The molecule has 0 radical (unpaired) electrons. The summed E-state index contributed by atoms with van der Waals surface area (Å²) in [6.45, 7) is 13.4. The summed E-state index contributed by atoms with van der Waals surface area (Å²) in [6.07, 6.45) is 0. The molecule has 80 valence electrons. The third kappa shape index (κ3) is 2.32. The summed E-state index contributed by atoms with van der Waals surface area (Å²) in [5.74, 6) is 0. The van der Waals surface area contributed by atoms with E-state index in [2.05, 4.69) is 46.9 Å². The van der Waals surface area contributed by atoms with Gasteiger partial charge in [0.15, 0.2) is 0 Å². The Morgan fingerprint density at radius 2 is 1.50 bits per heavy atom.